The highest BCUT2D eigenvalue weighted by molar-refractivity contribution is 9.10. The summed E-state index contributed by atoms with van der Waals surface area (Å²) in [6.07, 6.45) is 1.52. The summed E-state index contributed by atoms with van der Waals surface area (Å²) in [7, 11) is 0. The van der Waals surface area contributed by atoms with Crippen molar-refractivity contribution in [3.63, 3.8) is 0 Å². The number of benzene rings is 2. The van der Waals surface area contributed by atoms with Crippen LogP contribution in [-0.2, 0) is 6.54 Å². The fraction of sp³-hybridized carbons (Fsp3) is 0.0526. The van der Waals surface area contributed by atoms with Crippen molar-refractivity contribution < 1.29 is 18.3 Å². The van der Waals surface area contributed by atoms with E-state index >= 15 is 0 Å². The highest BCUT2D eigenvalue weighted by Gasteiger charge is 2.12. The number of pyridine rings is 1. The molecule has 7 heteroatoms. The molecule has 0 bridgehead atoms. The van der Waals surface area contributed by atoms with Gasteiger partial charge in [-0.3, -0.25) is 4.79 Å². The predicted octanol–water partition coefficient (Wildman–Crippen LogP) is 4.84. The van der Waals surface area contributed by atoms with E-state index in [1.807, 2.05) is 0 Å². The molecule has 0 radical (unpaired) electrons. The van der Waals surface area contributed by atoms with Gasteiger partial charge < -0.3 is 10.1 Å². The van der Waals surface area contributed by atoms with Crippen LogP contribution in [0.5, 0.6) is 11.6 Å². The minimum atomic E-state index is -0.595. The third-order valence-electron chi connectivity index (χ3n) is 3.44. The van der Waals surface area contributed by atoms with Crippen LogP contribution in [0.15, 0.2) is 65.3 Å². The molecule has 0 unspecified atom stereocenters. The minimum absolute atomic E-state index is 0.0432. The predicted molar refractivity (Wildman–Crippen MR) is 96.0 cm³/mol. The normalized spacial score (nSPS) is 10.4. The second-order valence-corrected chi connectivity index (χ2v) is 6.29. The van der Waals surface area contributed by atoms with Crippen LogP contribution in [0.25, 0.3) is 0 Å². The zero-order chi connectivity index (χ0) is 18.5. The summed E-state index contributed by atoms with van der Waals surface area (Å²) in [5.74, 6) is -0.888. The molecule has 3 rings (SSSR count). The largest absolute Gasteiger partial charge is 0.439 e. The first-order valence-electron chi connectivity index (χ1n) is 7.63. The Labute approximate surface area is 157 Å². The van der Waals surface area contributed by atoms with Crippen molar-refractivity contribution in [2.75, 3.05) is 0 Å². The van der Waals surface area contributed by atoms with E-state index in [2.05, 4.69) is 26.2 Å². The third-order valence-corrected chi connectivity index (χ3v) is 3.94. The van der Waals surface area contributed by atoms with Gasteiger partial charge >= 0.3 is 0 Å². The van der Waals surface area contributed by atoms with Crippen LogP contribution in [0.3, 0.4) is 0 Å². The molecule has 0 saturated heterocycles. The van der Waals surface area contributed by atoms with Gasteiger partial charge in [0.2, 0.25) is 5.88 Å². The maximum absolute atomic E-state index is 13.7. The van der Waals surface area contributed by atoms with Crippen molar-refractivity contribution in [2.24, 2.45) is 0 Å². The van der Waals surface area contributed by atoms with Crippen LogP contribution in [0, 0.1) is 11.6 Å². The van der Waals surface area contributed by atoms with E-state index in [-0.39, 0.29) is 12.1 Å². The Balaban J connectivity index is 1.61. The van der Waals surface area contributed by atoms with Crippen molar-refractivity contribution in [3.05, 3.63) is 88.0 Å². The smallest absolute Gasteiger partial charge is 0.254 e. The molecule has 0 fully saturated rings. The number of ether oxygens (including phenoxy) is 1. The number of aromatic nitrogens is 1. The van der Waals surface area contributed by atoms with Crippen molar-refractivity contribution >= 4 is 21.8 Å². The standard InChI is InChI=1S/C19H13BrF2N2O2/c20-13-5-6-17(22)16(8-13)19(25)24-11-12-4-7-18(23-10-12)26-15-3-1-2-14(21)9-15/h1-10H,11H2,(H,24,25). The zero-order valence-corrected chi connectivity index (χ0v) is 15.0. The molecule has 132 valence electrons. The van der Waals surface area contributed by atoms with E-state index in [1.54, 1.807) is 18.2 Å². The Bertz CT molecular complexity index is 933. The van der Waals surface area contributed by atoms with E-state index in [0.29, 0.717) is 21.7 Å². The van der Waals surface area contributed by atoms with Crippen LogP contribution in [0.4, 0.5) is 8.78 Å². The lowest BCUT2D eigenvalue weighted by Gasteiger charge is -2.08. The average Bonchev–Trinajstić information content (AvgIpc) is 2.63. The van der Waals surface area contributed by atoms with Crippen LogP contribution in [0.1, 0.15) is 15.9 Å². The molecule has 1 heterocycles. The molecule has 0 aliphatic heterocycles. The topological polar surface area (TPSA) is 51.2 Å². The summed E-state index contributed by atoms with van der Waals surface area (Å²) < 4.78 is 32.9. The van der Waals surface area contributed by atoms with E-state index in [0.717, 1.165) is 0 Å². The van der Waals surface area contributed by atoms with Gasteiger partial charge in [-0.2, -0.15) is 0 Å². The Morgan fingerprint density at radius 2 is 1.96 bits per heavy atom. The van der Waals surface area contributed by atoms with E-state index in [9.17, 15) is 13.6 Å². The SMILES string of the molecule is O=C(NCc1ccc(Oc2cccc(F)c2)nc1)c1cc(Br)ccc1F. The van der Waals surface area contributed by atoms with Gasteiger partial charge in [0.1, 0.15) is 17.4 Å². The third kappa shape index (κ3) is 4.64. The number of rotatable bonds is 5. The van der Waals surface area contributed by atoms with Gasteiger partial charge in [0.15, 0.2) is 0 Å². The molecule has 0 aliphatic rings. The van der Waals surface area contributed by atoms with Crippen molar-refractivity contribution in [3.8, 4) is 11.6 Å². The molecule has 2 aromatic carbocycles. The van der Waals surface area contributed by atoms with Crippen molar-refractivity contribution in [1.29, 1.82) is 0 Å². The second-order valence-electron chi connectivity index (χ2n) is 5.37. The van der Waals surface area contributed by atoms with E-state index in [1.165, 1.54) is 42.6 Å². The van der Waals surface area contributed by atoms with Gasteiger partial charge in [0.05, 0.1) is 5.56 Å². The fourth-order valence-electron chi connectivity index (χ4n) is 2.18. The molecule has 3 aromatic rings. The number of carbonyl (C=O) groups is 1. The number of hydrogen-bond donors (Lipinski definition) is 1. The number of amides is 1. The van der Waals surface area contributed by atoms with Gasteiger partial charge in [-0.25, -0.2) is 13.8 Å². The molecule has 0 aliphatic carbocycles. The summed E-state index contributed by atoms with van der Waals surface area (Å²) in [6.45, 7) is 0.179. The number of nitrogens with zero attached hydrogens (tertiary/aromatic N) is 1. The molecular formula is C19H13BrF2N2O2. The molecule has 0 atom stereocenters. The van der Waals surface area contributed by atoms with Gasteiger partial charge in [0, 0.05) is 29.3 Å². The Morgan fingerprint density at radius 1 is 1.12 bits per heavy atom. The molecule has 4 nitrogen and oxygen atoms in total. The first kappa shape index (κ1) is 18.0. The van der Waals surface area contributed by atoms with Crippen molar-refractivity contribution in [2.45, 2.75) is 6.54 Å². The quantitative estimate of drug-likeness (QED) is 0.644. The molecule has 1 N–H and O–H groups in total. The molecule has 1 aromatic heterocycles. The number of hydrogen-bond acceptors (Lipinski definition) is 3. The first-order valence-corrected chi connectivity index (χ1v) is 8.42. The lowest BCUT2D eigenvalue weighted by Crippen LogP contribution is -2.23. The minimum Gasteiger partial charge on any atom is -0.439 e. The van der Waals surface area contributed by atoms with Crippen LogP contribution in [-0.4, -0.2) is 10.9 Å². The highest BCUT2D eigenvalue weighted by atomic mass is 79.9. The maximum Gasteiger partial charge on any atom is 0.254 e. The van der Waals surface area contributed by atoms with Gasteiger partial charge in [-0.05, 0) is 35.9 Å². The van der Waals surface area contributed by atoms with Gasteiger partial charge in [0.25, 0.3) is 5.91 Å². The maximum atomic E-state index is 13.7. The van der Waals surface area contributed by atoms with E-state index < -0.39 is 17.5 Å². The first-order chi connectivity index (χ1) is 12.5. The van der Waals surface area contributed by atoms with Gasteiger partial charge in [-0.15, -0.1) is 0 Å². The van der Waals surface area contributed by atoms with Crippen LogP contribution in [0.2, 0.25) is 0 Å². The number of halogens is 3. The van der Waals surface area contributed by atoms with Gasteiger partial charge in [-0.1, -0.05) is 28.1 Å². The molecule has 0 saturated carbocycles. The monoisotopic (exact) mass is 418 g/mol. The summed E-state index contributed by atoms with van der Waals surface area (Å²) in [4.78, 5) is 16.2. The Kier molecular flexibility index (Phi) is 5.58. The van der Waals surface area contributed by atoms with Crippen molar-refractivity contribution in [1.82, 2.24) is 10.3 Å². The lowest BCUT2D eigenvalue weighted by atomic mass is 10.2. The second kappa shape index (κ2) is 8.05. The number of nitrogens with one attached hydrogen (secondary N) is 1. The molecule has 0 spiro atoms. The summed E-state index contributed by atoms with van der Waals surface area (Å²) in [5, 5.41) is 2.63. The van der Waals surface area contributed by atoms with Crippen LogP contribution < -0.4 is 10.1 Å². The summed E-state index contributed by atoms with van der Waals surface area (Å²) >= 11 is 3.21. The van der Waals surface area contributed by atoms with E-state index in [4.69, 9.17) is 4.74 Å². The lowest BCUT2D eigenvalue weighted by molar-refractivity contribution is 0.0947. The zero-order valence-electron chi connectivity index (χ0n) is 13.4. The molecule has 1 amide bonds. The number of carbonyl (C=O) groups excluding carboxylic acids is 1. The Morgan fingerprint density at radius 3 is 2.69 bits per heavy atom. The molecular weight excluding hydrogens is 406 g/mol. The molecule has 26 heavy (non-hydrogen) atoms. The summed E-state index contributed by atoms with van der Waals surface area (Å²) in [5.41, 5.74) is 0.665. The highest BCUT2D eigenvalue weighted by Crippen LogP contribution is 2.20. The fourth-order valence-corrected chi connectivity index (χ4v) is 2.54. The summed E-state index contributed by atoms with van der Waals surface area (Å²) in [6, 6.07) is 13.2. The Hall–Kier alpha value is -2.80. The average molecular weight is 419 g/mol. The van der Waals surface area contributed by atoms with Crippen LogP contribution >= 0.6 is 15.9 Å².